The van der Waals surface area contributed by atoms with Crippen molar-refractivity contribution in [3.05, 3.63) is 89.3 Å². The van der Waals surface area contributed by atoms with E-state index in [9.17, 15) is 15.2 Å². The number of nitriles is 1. The van der Waals surface area contributed by atoms with Gasteiger partial charge in [-0.1, -0.05) is 30.3 Å². The highest BCUT2D eigenvalue weighted by molar-refractivity contribution is 5.80. The van der Waals surface area contributed by atoms with Crippen LogP contribution in [0.4, 0.5) is 0 Å². The fraction of sp³-hybridized carbons (Fsp3) is 0.160. The van der Waals surface area contributed by atoms with Crippen LogP contribution in [0.15, 0.2) is 71.5 Å². The molecule has 7 heteroatoms. The van der Waals surface area contributed by atoms with E-state index < -0.39 is 11.6 Å². The number of nitrogens with zero attached hydrogens (tertiary/aromatic N) is 2. The number of aliphatic carboxylic acids is 1. The molecule has 0 spiro atoms. The highest BCUT2D eigenvalue weighted by Crippen LogP contribution is 2.34. The summed E-state index contributed by atoms with van der Waals surface area (Å²) >= 11 is 0. The van der Waals surface area contributed by atoms with Gasteiger partial charge >= 0.3 is 5.97 Å². The molecule has 0 aliphatic rings. The minimum atomic E-state index is -1.69. The van der Waals surface area contributed by atoms with Crippen LogP contribution in [0.25, 0.3) is 11.1 Å². The van der Waals surface area contributed by atoms with E-state index in [4.69, 9.17) is 13.9 Å². The van der Waals surface area contributed by atoms with Crippen molar-refractivity contribution in [1.82, 2.24) is 4.98 Å². The predicted octanol–water partition coefficient (Wildman–Crippen LogP) is 4.97. The maximum absolute atomic E-state index is 12.2. The Hall–Kier alpha value is -4.31. The summed E-state index contributed by atoms with van der Waals surface area (Å²) in [6.45, 7) is 3.54. The van der Waals surface area contributed by atoms with E-state index >= 15 is 0 Å². The molecule has 0 aliphatic carbocycles. The Labute approximate surface area is 184 Å². The number of carboxylic acids is 1. The molecule has 0 bridgehead atoms. The first-order valence-electron chi connectivity index (χ1n) is 9.88. The van der Waals surface area contributed by atoms with Crippen LogP contribution in [-0.2, 0) is 17.0 Å². The van der Waals surface area contributed by atoms with Crippen molar-refractivity contribution in [2.24, 2.45) is 0 Å². The molecule has 32 heavy (non-hydrogen) atoms. The summed E-state index contributed by atoms with van der Waals surface area (Å²) in [6.07, 6.45) is 1.38. The van der Waals surface area contributed by atoms with Crippen molar-refractivity contribution >= 4 is 17.1 Å². The Morgan fingerprint density at radius 2 is 2.00 bits per heavy atom. The van der Waals surface area contributed by atoms with Crippen molar-refractivity contribution in [2.45, 2.75) is 26.1 Å². The van der Waals surface area contributed by atoms with Gasteiger partial charge in [-0.3, -0.25) is 0 Å². The van der Waals surface area contributed by atoms with E-state index in [1.54, 1.807) is 24.3 Å². The van der Waals surface area contributed by atoms with E-state index in [1.807, 2.05) is 43.3 Å². The van der Waals surface area contributed by atoms with Crippen LogP contribution in [0, 0.1) is 18.3 Å². The lowest BCUT2D eigenvalue weighted by atomic mass is 9.91. The van der Waals surface area contributed by atoms with Gasteiger partial charge in [0, 0.05) is 11.6 Å². The van der Waals surface area contributed by atoms with Gasteiger partial charge in [-0.15, -0.1) is 0 Å². The van der Waals surface area contributed by atoms with E-state index in [2.05, 4.69) is 4.98 Å². The van der Waals surface area contributed by atoms with Gasteiger partial charge in [0.05, 0.1) is 5.56 Å². The van der Waals surface area contributed by atoms with Crippen LogP contribution in [0.5, 0.6) is 11.5 Å². The number of rotatable bonds is 7. The van der Waals surface area contributed by atoms with Crippen LogP contribution in [-0.4, -0.2) is 16.1 Å². The van der Waals surface area contributed by atoms with Crippen molar-refractivity contribution < 1.29 is 23.8 Å². The van der Waals surface area contributed by atoms with Crippen LogP contribution in [0.1, 0.15) is 29.2 Å². The fourth-order valence-electron chi connectivity index (χ4n) is 3.47. The average molecular weight is 428 g/mol. The first-order chi connectivity index (χ1) is 15.4. The largest absolute Gasteiger partial charge is 0.489 e. The number of ether oxygens (including phenoxy) is 2. The van der Waals surface area contributed by atoms with Gasteiger partial charge in [0.2, 0.25) is 5.60 Å². The number of aryl methyl sites for hydroxylation is 1. The molecular formula is C25H20N2O5. The minimum Gasteiger partial charge on any atom is -0.489 e. The summed E-state index contributed by atoms with van der Waals surface area (Å²) in [6, 6.07) is 19.4. The second-order valence-corrected chi connectivity index (χ2v) is 7.47. The Balaban J connectivity index is 1.61. The number of hydrogen-bond acceptors (Lipinski definition) is 6. The summed E-state index contributed by atoms with van der Waals surface area (Å²) in [7, 11) is 0. The fourth-order valence-corrected chi connectivity index (χ4v) is 3.47. The number of carbonyl (C=O) groups is 1. The maximum atomic E-state index is 12.2. The van der Waals surface area contributed by atoms with Gasteiger partial charge in [0.15, 0.2) is 12.0 Å². The molecule has 0 saturated heterocycles. The molecule has 7 nitrogen and oxygen atoms in total. The molecule has 1 unspecified atom stereocenters. The summed E-state index contributed by atoms with van der Waals surface area (Å²) in [5.41, 5.74) is 2.09. The monoisotopic (exact) mass is 428 g/mol. The summed E-state index contributed by atoms with van der Waals surface area (Å²) in [5.74, 6) is -0.593. The van der Waals surface area contributed by atoms with Crippen molar-refractivity contribution in [2.75, 3.05) is 0 Å². The van der Waals surface area contributed by atoms with E-state index in [0.29, 0.717) is 16.9 Å². The van der Waals surface area contributed by atoms with Gasteiger partial charge in [0.25, 0.3) is 0 Å². The molecule has 1 atom stereocenters. The van der Waals surface area contributed by atoms with E-state index in [1.165, 1.54) is 19.4 Å². The summed E-state index contributed by atoms with van der Waals surface area (Å²) in [5, 5.41) is 19.5. The normalized spacial score (nSPS) is 12.7. The summed E-state index contributed by atoms with van der Waals surface area (Å²) in [4.78, 5) is 16.3. The molecule has 3 aromatic carbocycles. The summed E-state index contributed by atoms with van der Waals surface area (Å²) < 4.78 is 17.1. The molecule has 4 rings (SSSR count). The van der Waals surface area contributed by atoms with E-state index in [-0.39, 0.29) is 17.9 Å². The van der Waals surface area contributed by atoms with Crippen molar-refractivity contribution in [3.63, 3.8) is 0 Å². The predicted molar refractivity (Wildman–Crippen MR) is 116 cm³/mol. The molecule has 1 N–H and O–H groups in total. The van der Waals surface area contributed by atoms with Gasteiger partial charge in [-0.05, 0) is 49.2 Å². The minimum absolute atomic E-state index is 0.130. The first kappa shape index (κ1) is 20.9. The molecular weight excluding hydrogens is 408 g/mol. The lowest BCUT2D eigenvalue weighted by Gasteiger charge is -2.28. The van der Waals surface area contributed by atoms with Crippen LogP contribution >= 0.6 is 0 Å². The Morgan fingerprint density at radius 3 is 2.75 bits per heavy atom. The average Bonchev–Trinajstić information content (AvgIpc) is 3.26. The van der Waals surface area contributed by atoms with Crippen LogP contribution in [0.3, 0.4) is 0 Å². The second-order valence-electron chi connectivity index (χ2n) is 7.47. The topological polar surface area (TPSA) is 106 Å². The highest BCUT2D eigenvalue weighted by atomic mass is 16.5. The molecule has 0 fully saturated rings. The number of aromatic nitrogens is 1. The molecule has 0 saturated carbocycles. The zero-order valence-corrected chi connectivity index (χ0v) is 17.5. The Morgan fingerprint density at radius 1 is 1.19 bits per heavy atom. The lowest BCUT2D eigenvalue weighted by molar-refractivity contribution is -0.154. The first-order valence-corrected chi connectivity index (χ1v) is 9.88. The number of carboxylic acid groups (broad SMARTS) is 1. The third-order valence-electron chi connectivity index (χ3n) is 5.26. The zero-order valence-electron chi connectivity index (χ0n) is 17.5. The molecule has 0 radical (unpaired) electrons. The molecule has 1 aromatic heterocycles. The van der Waals surface area contributed by atoms with Gasteiger partial charge < -0.3 is 19.0 Å². The van der Waals surface area contributed by atoms with Gasteiger partial charge in [-0.2, -0.15) is 5.26 Å². The molecule has 1 heterocycles. The van der Waals surface area contributed by atoms with Crippen LogP contribution < -0.4 is 9.47 Å². The number of oxazole rings is 1. The SMILES string of the molecule is Cc1ccccc1C(C)(Oc1cc(OCc2ccc3ocnc3c2)ccc1C#N)C(=O)O. The number of hydrogen-bond donors (Lipinski definition) is 1. The third-order valence-corrected chi connectivity index (χ3v) is 5.26. The number of benzene rings is 3. The number of fused-ring (bicyclic) bond motifs is 1. The third kappa shape index (κ3) is 3.98. The Bertz CT molecular complexity index is 1340. The quantitative estimate of drug-likeness (QED) is 0.443. The van der Waals surface area contributed by atoms with E-state index in [0.717, 1.165) is 16.6 Å². The van der Waals surface area contributed by atoms with Crippen molar-refractivity contribution in [3.8, 4) is 17.6 Å². The molecule has 0 aliphatic heterocycles. The second kappa shape index (κ2) is 8.44. The van der Waals surface area contributed by atoms with Gasteiger partial charge in [-0.25, -0.2) is 9.78 Å². The standard InChI is InChI=1S/C25H20N2O5/c1-16-5-3-4-6-20(16)25(2,24(28)29)32-23-12-19(9-8-18(23)13-26)30-14-17-7-10-22-21(11-17)27-15-31-22/h3-12,15H,14H2,1-2H3,(H,28,29). The smallest absolute Gasteiger partial charge is 0.352 e. The van der Waals surface area contributed by atoms with Crippen LogP contribution in [0.2, 0.25) is 0 Å². The zero-order chi connectivity index (χ0) is 22.7. The van der Waals surface area contributed by atoms with Gasteiger partial charge in [0.1, 0.15) is 29.7 Å². The molecule has 160 valence electrons. The Kier molecular flexibility index (Phi) is 5.52. The maximum Gasteiger partial charge on any atom is 0.352 e. The molecule has 4 aromatic rings. The highest BCUT2D eigenvalue weighted by Gasteiger charge is 2.39. The molecule has 0 amide bonds. The van der Waals surface area contributed by atoms with Crippen molar-refractivity contribution in [1.29, 1.82) is 5.26 Å². The lowest BCUT2D eigenvalue weighted by Crippen LogP contribution is -2.39.